The van der Waals surface area contributed by atoms with Crippen LogP contribution in [0.2, 0.25) is 0 Å². The molecule has 1 atom stereocenters. The Kier molecular flexibility index (Phi) is 6.07. The molecule has 0 saturated heterocycles. The van der Waals surface area contributed by atoms with E-state index >= 15 is 0 Å². The fraction of sp³-hybridized carbons (Fsp3) is 0.273. The summed E-state index contributed by atoms with van der Waals surface area (Å²) in [6.45, 7) is 3.85. The van der Waals surface area contributed by atoms with Crippen molar-refractivity contribution in [2.24, 2.45) is 0 Å². The smallest absolute Gasteiger partial charge is 0.338 e. The van der Waals surface area contributed by atoms with Gasteiger partial charge < -0.3 is 9.84 Å². The first-order chi connectivity index (χ1) is 14.0. The summed E-state index contributed by atoms with van der Waals surface area (Å²) in [4.78, 5) is 43.1. The molecule has 3 rings (SSSR count). The Morgan fingerprint density at radius 1 is 1.21 bits per heavy atom. The average molecular weight is 394 g/mol. The van der Waals surface area contributed by atoms with Crippen molar-refractivity contribution in [3.63, 3.8) is 0 Å². The van der Waals surface area contributed by atoms with Crippen molar-refractivity contribution < 1.29 is 24.2 Å². The van der Waals surface area contributed by atoms with Crippen LogP contribution in [0.1, 0.15) is 48.7 Å². The second kappa shape index (κ2) is 8.68. The molecular weight excluding hydrogens is 372 g/mol. The number of rotatable bonds is 7. The van der Waals surface area contributed by atoms with Crippen molar-refractivity contribution in [1.82, 2.24) is 4.98 Å². The normalized spacial score (nSPS) is 16.3. The molecule has 1 aromatic heterocycles. The van der Waals surface area contributed by atoms with Gasteiger partial charge in [0.1, 0.15) is 0 Å². The van der Waals surface area contributed by atoms with Crippen LogP contribution >= 0.6 is 0 Å². The number of anilines is 1. The minimum atomic E-state index is -0.828. The lowest BCUT2D eigenvalue weighted by Gasteiger charge is -2.27. The fourth-order valence-corrected chi connectivity index (χ4v) is 3.26. The molecule has 1 aliphatic rings. The van der Waals surface area contributed by atoms with E-state index in [1.54, 1.807) is 49.6 Å². The van der Waals surface area contributed by atoms with Gasteiger partial charge in [0, 0.05) is 24.5 Å². The Balaban J connectivity index is 2.07. The number of amides is 1. The maximum Gasteiger partial charge on any atom is 0.338 e. The molecule has 2 heterocycles. The summed E-state index contributed by atoms with van der Waals surface area (Å²) in [5, 5.41) is 10.5. The molecule has 0 bridgehead atoms. The van der Waals surface area contributed by atoms with Crippen molar-refractivity contribution in [1.29, 1.82) is 0 Å². The number of aromatic nitrogens is 1. The molecule has 1 aromatic carbocycles. The molecular formula is C22H22N2O5. The summed E-state index contributed by atoms with van der Waals surface area (Å²) in [6, 6.07) is 8.98. The van der Waals surface area contributed by atoms with Gasteiger partial charge in [0.05, 0.1) is 23.8 Å². The number of Topliss-reactive ketones (excluding diaryl/α,β-unsaturated/α-hetero) is 1. The van der Waals surface area contributed by atoms with Gasteiger partial charge in [0.25, 0.3) is 5.91 Å². The van der Waals surface area contributed by atoms with Crippen LogP contribution in [-0.2, 0) is 14.3 Å². The molecule has 0 spiro atoms. The average Bonchev–Trinajstić information content (AvgIpc) is 3.03. The molecule has 0 aliphatic carbocycles. The van der Waals surface area contributed by atoms with Gasteiger partial charge in [-0.05, 0) is 36.2 Å². The van der Waals surface area contributed by atoms with Crippen LogP contribution in [0.3, 0.4) is 0 Å². The van der Waals surface area contributed by atoms with E-state index in [9.17, 15) is 19.5 Å². The Morgan fingerprint density at radius 3 is 2.66 bits per heavy atom. The third-order valence-corrected chi connectivity index (χ3v) is 4.63. The quantitative estimate of drug-likeness (QED) is 0.722. The predicted molar refractivity (Wildman–Crippen MR) is 106 cm³/mol. The number of pyridine rings is 1. The second-order valence-corrected chi connectivity index (χ2v) is 6.59. The van der Waals surface area contributed by atoms with E-state index in [0.29, 0.717) is 24.3 Å². The van der Waals surface area contributed by atoms with E-state index in [2.05, 4.69) is 4.98 Å². The Labute approximate surface area is 168 Å². The highest BCUT2D eigenvalue weighted by Crippen LogP contribution is 2.41. The van der Waals surface area contributed by atoms with Gasteiger partial charge in [0.15, 0.2) is 11.5 Å². The largest absolute Gasteiger partial charge is 0.503 e. The van der Waals surface area contributed by atoms with Crippen LogP contribution in [0.15, 0.2) is 60.1 Å². The first-order valence-corrected chi connectivity index (χ1v) is 9.46. The number of aliphatic hydroxyl groups is 1. The topological polar surface area (TPSA) is 96.8 Å². The van der Waals surface area contributed by atoms with Gasteiger partial charge in [-0.1, -0.05) is 26.0 Å². The molecule has 1 N–H and O–H groups in total. The number of benzene rings is 1. The lowest BCUT2D eigenvalue weighted by atomic mass is 9.96. The number of ether oxygens (including phenoxy) is 1. The van der Waals surface area contributed by atoms with Gasteiger partial charge in [-0.2, -0.15) is 0 Å². The maximum absolute atomic E-state index is 12.9. The zero-order chi connectivity index (χ0) is 21.0. The lowest BCUT2D eigenvalue weighted by molar-refractivity contribution is -0.118. The zero-order valence-electron chi connectivity index (χ0n) is 16.3. The number of aliphatic hydroxyl groups excluding tert-OH is 1. The fourth-order valence-electron chi connectivity index (χ4n) is 3.26. The number of ketones is 1. The van der Waals surface area contributed by atoms with Crippen LogP contribution in [-0.4, -0.2) is 34.4 Å². The Hall–Kier alpha value is -3.48. The zero-order valence-corrected chi connectivity index (χ0v) is 16.3. The van der Waals surface area contributed by atoms with Gasteiger partial charge in [0.2, 0.25) is 0 Å². The first-order valence-electron chi connectivity index (χ1n) is 9.46. The highest BCUT2D eigenvalue weighted by Gasteiger charge is 2.44. The number of esters is 1. The monoisotopic (exact) mass is 394 g/mol. The minimum absolute atomic E-state index is 0.0319. The summed E-state index contributed by atoms with van der Waals surface area (Å²) in [6.07, 6.45) is 3.96. The van der Waals surface area contributed by atoms with Crippen LogP contribution in [0.25, 0.3) is 0 Å². The van der Waals surface area contributed by atoms with Crippen molar-refractivity contribution in [2.75, 3.05) is 11.5 Å². The SMILES string of the molecule is CCCOC(=O)c1cccc(N2C(=O)C(O)=C(C(=O)CC)C2c2cccnc2)c1. The summed E-state index contributed by atoms with van der Waals surface area (Å²) in [5.74, 6) is -2.11. The molecule has 1 amide bonds. The third kappa shape index (κ3) is 3.89. The molecule has 7 heteroatoms. The molecule has 29 heavy (non-hydrogen) atoms. The number of carbonyl (C=O) groups is 3. The summed E-state index contributed by atoms with van der Waals surface area (Å²) >= 11 is 0. The Bertz CT molecular complexity index is 968. The first kappa shape index (κ1) is 20.3. The Morgan fingerprint density at radius 2 is 2.00 bits per heavy atom. The number of hydrogen-bond acceptors (Lipinski definition) is 6. The molecule has 1 aliphatic heterocycles. The second-order valence-electron chi connectivity index (χ2n) is 6.59. The van der Waals surface area contributed by atoms with Crippen molar-refractivity contribution in [2.45, 2.75) is 32.7 Å². The minimum Gasteiger partial charge on any atom is -0.503 e. The molecule has 7 nitrogen and oxygen atoms in total. The number of hydrogen-bond donors (Lipinski definition) is 1. The van der Waals surface area contributed by atoms with Gasteiger partial charge in [-0.15, -0.1) is 0 Å². The van der Waals surface area contributed by atoms with Gasteiger partial charge in [-0.25, -0.2) is 4.79 Å². The standard InChI is InChI=1S/C22H22N2O5/c1-3-11-29-22(28)14-7-5-9-16(12-14)24-19(15-8-6-10-23-13-15)18(17(25)4-2)20(26)21(24)27/h5-10,12-13,19,26H,3-4,11H2,1-2H3. The van der Waals surface area contributed by atoms with Gasteiger partial charge in [-0.3, -0.25) is 19.5 Å². The lowest BCUT2D eigenvalue weighted by Crippen LogP contribution is -2.31. The highest BCUT2D eigenvalue weighted by atomic mass is 16.5. The molecule has 2 aromatic rings. The van der Waals surface area contributed by atoms with E-state index in [1.807, 2.05) is 6.92 Å². The van der Waals surface area contributed by atoms with Crippen LogP contribution < -0.4 is 4.90 Å². The van der Waals surface area contributed by atoms with Crippen LogP contribution in [0.4, 0.5) is 5.69 Å². The number of carbonyl (C=O) groups excluding carboxylic acids is 3. The summed E-state index contributed by atoms with van der Waals surface area (Å²) in [7, 11) is 0. The molecule has 1 unspecified atom stereocenters. The van der Waals surface area contributed by atoms with Crippen LogP contribution in [0, 0.1) is 0 Å². The van der Waals surface area contributed by atoms with E-state index in [0.717, 1.165) is 0 Å². The van der Waals surface area contributed by atoms with Gasteiger partial charge >= 0.3 is 5.97 Å². The summed E-state index contributed by atoms with van der Waals surface area (Å²) < 4.78 is 5.16. The third-order valence-electron chi connectivity index (χ3n) is 4.63. The van der Waals surface area contributed by atoms with Crippen molar-refractivity contribution >= 4 is 23.3 Å². The van der Waals surface area contributed by atoms with E-state index < -0.39 is 23.7 Å². The number of nitrogens with zero attached hydrogens (tertiary/aromatic N) is 2. The van der Waals surface area contributed by atoms with Crippen LogP contribution in [0.5, 0.6) is 0 Å². The molecule has 0 saturated carbocycles. The molecule has 150 valence electrons. The molecule has 0 radical (unpaired) electrons. The van der Waals surface area contributed by atoms with E-state index in [-0.39, 0.29) is 23.3 Å². The van der Waals surface area contributed by atoms with E-state index in [1.165, 1.54) is 11.0 Å². The molecule has 0 fully saturated rings. The van der Waals surface area contributed by atoms with E-state index in [4.69, 9.17) is 4.74 Å². The highest BCUT2D eigenvalue weighted by molar-refractivity contribution is 6.16. The van der Waals surface area contributed by atoms with Crippen molar-refractivity contribution in [3.8, 4) is 0 Å². The summed E-state index contributed by atoms with van der Waals surface area (Å²) in [5.41, 5.74) is 1.27. The predicted octanol–water partition coefficient (Wildman–Crippen LogP) is 3.53. The maximum atomic E-state index is 12.9. The van der Waals surface area contributed by atoms with Crippen molar-refractivity contribution in [3.05, 3.63) is 71.3 Å².